The molecule has 59 heavy (non-hydrogen) atoms. The summed E-state index contributed by atoms with van der Waals surface area (Å²) >= 11 is 0. The van der Waals surface area contributed by atoms with Crippen LogP contribution >= 0.6 is 7.44 Å². The average molecular weight is 852 g/mol. The molecule has 0 fully saturated rings. The minimum absolute atomic E-state index is 0.0908. The van der Waals surface area contributed by atoms with E-state index in [2.05, 4.69) is 39.3 Å². The Labute approximate surface area is 344 Å². The highest BCUT2D eigenvalue weighted by Crippen LogP contribution is 2.42. The lowest BCUT2D eigenvalue weighted by molar-refractivity contribution is -0.149. The van der Waals surface area contributed by atoms with Gasteiger partial charge in [0, 0.05) is 0 Å². The van der Waals surface area contributed by atoms with E-state index in [1.807, 2.05) is 0 Å². The number of hydrogen-bond acceptors (Lipinski definition) is 16. The zero-order valence-electron chi connectivity index (χ0n) is 35.8. The molecular weight excluding hydrogens is 789 g/mol. The van der Waals surface area contributed by atoms with E-state index in [4.69, 9.17) is 31.9 Å². The van der Waals surface area contributed by atoms with Gasteiger partial charge in [0.05, 0.1) is 51.6 Å². The average Bonchev–Trinajstić information content (AvgIpc) is 3.82. The van der Waals surface area contributed by atoms with E-state index in [-0.39, 0.29) is 32.8 Å². The highest BCUT2D eigenvalue weighted by molar-refractivity contribution is 7.59. The van der Waals surface area contributed by atoms with E-state index in [9.17, 15) is 23.7 Å². The normalized spacial score (nSPS) is 15.1. The van der Waals surface area contributed by atoms with Gasteiger partial charge in [0.1, 0.15) is 40.8 Å². The van der Waals surface area contributed by atoms with Gasteiger partial charge < -0.3 is 41.3 Å². The molecule has 0 bridgehead atoms. The summed E-state index contributed by atoms with van der Waals surface area (Å²) < 4.78 is 54.4. The molecule has 19 nitrogen and oxygen atoms in total. The second-order valence-corrected chi connectivity index (χ2v) is 18.1. The van der Waals surface area contributed by atoms with E-state index in [0.29, 0.717) is 47.4 Å². The van der Waals surface area contributed by atoms with Gasteiger partial charge in [-0.1, -0.05) is 52.4 Å². The van der Waals surface area contributed by atoms with Crippen LogP contribution in [0.5, 0.6) is 0 Å². The number of nitrogens with zero attached hydrogens (tertiary/aromatic N) is 4. The first kappa shape index (κ1) is 47.4. The minimum atomic E-state index is -3.90. The third-order valence-electron chi connectivity index (χ3n) is 9.61. The van der Waals surface area contributed by atoms with E-state index in [1.54, 1.807) is 70.6 Å². The third-order valence-corrected chi connectivity index (χ3v) is 12.0. The summed E-state index contributed by atoms with van der Waals surface area (Å²) in [7, 11) is -3.90. The molecule has 2 atom stereocenters. The van der Waals surface area contributed by atoms with E-state index in [1.165, 1.54) is 0 Å². The molecule has 1 unspecified atom stereocenters. The van der Waals surface area contributed by atoms with Gasteiger partial charge in [-0.05, 0) is 61.3 Å². The Kier molecular flexibility index (Phi) is 17.1. The van der Waals surface area contributed by atoms with Crippen molar-refractivity contribution in [3.8, 4) is 0 Å². The Hall–Kier alpha value is -4.29. The monoisotopic (exact) mass is 851 g/mol. The van der Waals surface area contributed by atoms with Crippen LogP contribution in [0, 0.1) is 13.8 Å². The summed E-state index contributed by atoms with van der Waals surface area (Å²) in [5.41, 5.74) is -2.33. The first-order valence-corrected chi connectivity index (χ1v) is 22.2. The lowest BCUT2D eigenvalue weighted by Gasteiger charge is -2.35. The number of unbranched alkanes of at least 4 members (excludes halogenated alkanes) is 6. The zero-order valence-corrected chi connectivity index (χ0v) is 36.7. The van der Waals surface area contributed by atoms with Crippen LogP contribution in [0.25, 0.3) is 0 Å². The Morgan fingerprint density at radius 2 is 1.39 bits per heavy atom. The maximum atomic E-state index is 14.8. The van der Waals surface area contributed by atoms with Crippen LogP contribution in [-0.2, 0) is 48.0 Å². The van der Waals surface area contributed by atoms with Crippen molar-refractivity contribution in [2.45, 2.75) is 157 Å². The number of ether oxygens (including phenoxy) is 3. The maximum Gasteiger partial charge on any atom is 0.519 e. The highest BCUT2D eigenvalue weighted by Gasteiger charge is 2.43. The Balaban J connectivity index is 1.51. The van der Waals surface area contributed by atoms with Crippen LogP contribution in [0.1, 0.15) is 135 Å². The van der Waals surface area contributed by atoms with Gasteiger partial charge in [0.25, 0.3) is 0 Å². The van der Waals surface area contributed by atoms with Crippen molar-refractivity contribution in [2.24, 2.45) is 4.99 Å². The molecule has 0 radical (unpaired) electrons. The van der Waals surface area contributed by atoms with Crippen LogP contribution < -0.4 is 27.1 Å². The quantitative estimate of drug-likeness (QED) is 0.0470. The van der Waals surface area contributed by atoms with Gasteiger partial charge in [-0.15, -0.1) is 0 Å². The smallest absolute Gasteiger partial charge is 0.464 e. The summed E-state index contributed by atoms with van der Waals surface area (Å²) in [4.78, 5) is 61.1. The summed E-state index contributed by atoms with van der Waals surface area (Å²) in [6.45, 7) is 16.4. The number of carbonyl (C=O) groups excluding carboxylic acids is 2. The van der Waals surface area contributed by atoms with Crippen molar-refractivity contribution in [3.05, 3.63) is 56.3 Å². The van der Waals surface area contributed by atoms with Crippen molar-refractivity contribution in [1.82, 2.24) is 29.9 Å². The van der Waals surface area contributed by atoms with Crippen LogP contribution in [-0.4, -0.2) is 69.5 Å². The van der Waals surface area contributed by atoms with E-state index in [0.717, 1.165) is 38.5 Å². The lowest BCUT2D eigenvalue weighted by atomic mass is 10.1. The lowest BCUT2D eigenvalue weighted by Crippen LogP contribution is -2.54. The third kappa shape index (κ3) is 13.6. The number of fused-ring (bicyclic) bond motifs is 1. The van der Waals surface area contributed by atoms with Gasteiger partial charge in [0.15, 0.2) is 17.3 Å². The molecule has 0 amide bonds. The summed E-state index contributed by atoms with van der Waals surface area (Å²) in [5, 5.41) is 9.24. The SMILES string of the molecule is CCCCCCOC(=O)C(C)(C)NP(=O)(CO[C@H](C)Cn1cnc2c1N=CN(Cc1oc(=O)oc1C)C2NCc1oc(=O)oc1C)NC(C)(C)C(=O)OCCCCCC. The highest BCUT2D eigenvalue weighted by atomic mass is 31.2. The number of aromatic nitrogens is 2. The molecule has 4 heterocycles. The van der Waals surface area contributed by atoms with Crippen LogP contribution in [0.15, 0.2) is 38.6 Å². The van der Waals surface area contributed by atoms with Gasteiger partial charge in [-0.3, -0.25) is 19.5 Å². The fraction of sp³-hybridized carbons (Fsp3) is 0.692. The Morgan fingerprint density at radius 1 is 0.847 bits per heavy atom. The topological polar surface area (TPSA) is 235 Å². The molecule has 330 valence electrons. The first-order chi connectivity index (χ1) is 27.9. The Bertz CT molecular complexity index is 1980. The van der Waals surface area contributed by atoms with Crippen molar-refractivity contribution in [3.63, 3.8) is 0 Å². The van der Waals surface area contributed by atoms with E-state index >= 15 is 0 Å². The molecule has 4 rings (SSSR count). The molecule has 0 saturated carbocycles. The van der Waals surface area contributed by atoms with Crippen molar-refractivity contribution in [1.29, 1.82) is 0 Å². The molecule has 0 aliphatic carbocycles. The van der Waals surface area contributed by atoms with Gasteiger partial charge in [-0.25, -0.2) is 29.7 Å². The van der Waals surface area contributed by atoms with Crippen molar-refractivity contribution < 1.29 is 46.0 Å². The predicted molar refractivity (Wildman–Crippen MR) is 217 cm³/mol. The summed E-state index contributed by atoms with van der Waals surface area (Å²) in [5.74, 6) is -1.13. The molecule has 1 aliphatic heterocycles. The van der Waals surface area contributed by atoms with Crippen molar-refractivity contribution in [2.75, 3.05) is 19.6 Å². The fourth-order valence-corrected chi connectivity index (χ4v) is 9.00. The summed E-state index contributed by atoms with van der Waals surface area (Å²) in [6.07, 6.45) is 8.93. The number of rotatable bonds is 26. The minimum Gasteiger partial charge on any atom is -0.464 e. The number of esters is 2. The molecule has 0 spiro atoms. The number of nitrogens with one attached hydrogen (secondary N) is 3. The number of aryl methyl sites for hydroxylation is 2. The molecule has 1 aliphatic rings. The first-order valence-electron chi connectivity index (χ1n) is 20.3. The Morgan fingerprint density at radius 3 is 1.90 bits per heavy atom. The largest absolute Gasteiger partial charge is 0.519 e. The summed E-state index contributed by atoms with van der Waals surface area (Å²) in [6, 6.07) is 0. The maximum absolute atomic E-state index is 14.8. The molecule has 0 aromatic carbocycles. The fourth-order valence-electron chi connectivity index (χ4n) is 6.36. The number of imidazole rings is 1. The standard InChI is InChI=1S/C39H62N7O12P/c1-10-12-14-16-18-52-34(47)38(6,7)43-59(51,44-39(8,9)35(48)53-19-17-15-13-11-2)25-54-26(3)21-45-23-41-31-32(40-20-29-27(4)55-36(49)57-29)46(24-42-33(31)45)22-30-28(5)56-37(50)58-30/h23-24,26,32,40H,10-22,25H2,1-9H3,(H2,43,44,51)/t26-,32?/m1/s1. The van der Waals surface area contributed by atoms with E-state index < -0.39 is 60.7 Å². The van der Waals surface area contributed by atoms with Gasteiger partial charge in [0.2, 0.25) is 7.44 Å². The van der Waals surface area contributed by atoms with Crippen LogP contribution in [0.2, 0.25) is 0 Å². The van der Waals surface area contributed by atoms with Crippen LogP contribution in [0.4, 0.5) is 5.82 Å². The molecule has 3 aromatic heterocycles. The number of hydrogen-bond donors (Lipinski definition) is 3. The molecular formula is C39H62N7O12P. The van der Waals surface area contributed by atoms with Crippen molar-refractivity contribution >= 4 is 31.5 Å². The van der Waals surface area contributed by atoms with Gasteiger partial charge in [-0.2, -0.15) is 0 Å². The number of aliphatic imine (C=N–C) groups is 1. The second kappa shape index (κ2) is 21.3. The van der Waals surface area contributed by atoms with Gasteiger partial charge >= 0.3 is 23.6 Å². The zero-order chi connectivity index (χ0) is 43.4. The molecule has 0 saturated heterocycles. The molecule has 3 N–H and O–H groups in total. The van der Waals surface area contributed by atoms with Crippen LogP contribution in [0.3, 0.4) is 0 Å². The second-order valence-electron chi connectivity index (χ2n) is 15.9. The predicted octanol–water partition coefficient (Wildman–Crippen LogP) is 6.10. The molecule has 20 heteroatoms. The number of carbonyl (C=O) groups is 2. The molecule has 3 aromatic rings.